The summed E-state index contributed by atoms with van der Waals surface area (Å²) in [6.07, 6.45) is 7.90. The van der Waals surface area contributed by atoms with Crippen molar-refractivity contribution in [3.63, 3.8) is 0 Å². The highest BCUT2D eigenvalue weighted by atomic mass is 15.2. The number of aromatic nitrogens is 3. The minimum absolute atomic E-state index is 0.785. The molecule has 0 N–H and O–H groups in total. The fourth-order valence-electron chi connectivity index (χ4n) is 2.95. The number of nitrogens with zero attached hydrogens (tertiary/aromatic N) is 4. The zero-order valence-electron chi connectivity index (χ0n) is 15.8. The molecule has 0 aliphatic carbocycles. The third kappa shape index (κ3) is 3.80. The van der Waals surface area contributed by atoms with Gasteiger partial charge < -0.3 is 0 Å². The molecule has 0 aliphatic rings. The van der Waals surface area contributed by atoms with E-state index in [4.69, 9.17) is 4.98 Å². The molecule has 0 radical (unpaired) electrons. The Morgan fingerprint density at radius 2 is 2.04 bits per heavy atom. The maximum Gasteiger partial charge on any atom is 0.0705 e. The van der Waals surface area contributed by atoms with Crippen LogP contribution in [0.2, 0.25) is 0 Å². The fourth-order valence-corrected chi connectivity index (χ4v) is 2.95. The molecule has 0 saturated heterocycles. The molecule has 2 heterocycles. The Morgan fingerprint density at radius 3 is 2.69 bits per heavy atom. The van der Waals surface area contributed by atoms with Gasteiger partial charge in [-0.3, -0.25) is 14.7 Å². The van der Waals surface area contributed by atoms with Crippen LogP contribution in [0.3, 0.4) is 0 Å². The first-order chi connectivity index (χ1) is 12.6. The molecule has 0 aliphatic heterocycles. The maximum absolute atomic E-state index is 4.83. The molecule has 0 bridgehead atoms. The first-order valence-corrected chi connectivity index (χ1v) is 8.86. The maximum atomic E-state index is 4.83. The van der Waals surface area contributed by atoms with Gasteiger partial charge in [0.25, 0.3) is 0 Å². The Morgan fingerprint density at radius 1 is 1.19 bits per heavy atom. The average Bonchev–Trinajstić information content (AvgIpc) is 3.08. The van der Waals surface area contributed by atoms with Crippen molar-refractivity contribution >= 4 is 11.8 Å². The van der Waals surface area contributed by atoms with Crippen LogP contribution < -0.4 is 0 Å². The van der Waals surface area contributed by atoms with Crippen molar-refractivity contribution < 1.29 is 0 Å². The summed E-state index contributed by atoms with van der Waals surface area (Å²) in [7, 11) is 1.92. The first-order valence-electron chi connectivity index (χ1n) is 8.86. The van der Waals surface area contributed by atoms with Crippen LogP contribution in [0, 0.1) is 6.92 Å². The summed E-state index contributed by atoms with van der Waals surface area (Å²) in [6, 6.07) is 12.6. The van der Waals surface area contributed by atoms with Crippen molar-refractivity contribution in [2.24, 2.45) is 12.0 Å². The van der Waals surface area contributed by atoms with Crippen molar-refractivity contribution in [2.75, 3.05) is 6.54 Å². The molecular formula is C22H24N4. The second kappa shape index (κ2) is 7.91. The van der Waals surface area contributed by atoms with Gasteiger partial charge in [0, 0.05) is 48.4 Å². The van der Waals surface area contributed by atoms with E-state index in [2.05, 4.69) is 52.6 Å². The highest BCUT2D eigenvalue weighted by Gasteiger charge is 2.09. The Labute approximate surface area is 154 Å². The number of benzene rings is 1. The second-order valence-electron chi connectivity index (χ2n) is 6.18. The van der Waals surface area contributed by atoms with E-state index in [9.17, 15) is 0 Å². The molecule has 0 spiro atoms. The first kappa shape index (κ1) is 17.8. The van der Waals surface area contributed by atoms with Crippen LogP contribution in [0.25, 0.3) is 28.0 Å². The summed E-state index contributed by atoms with van der Waals surface area (Å²) in [5.74, 6) is 0. The van der Waals surface area contributed by atoms with Gasteiger partial charge in [0.2, 0.25) is 0 Å². The van der Waals surface area contributed by atoms with Crippen LogP contribution in [0.15, 0.2) is 59.9 Å². The molecule has 2 aromatic heterocycles. The topological polar surface area (TPSA) is 43.1 Å². The number of hydrogen-bond acceptors (Lipinski definition) is 3. The molecular weight excluding hydrogens is 320 g/mol. The van der Waals surface area contributed by atoms with Gasteiger partial charge in [0.1, 0.15) is 0 Å². The lowest BCUT2D eigenvalue weighted by Crippen LogP contribution is -1.92. The van der Waals surface area contributed by atoms with Gasteiger partial charge >= 0.3 is 0 Å². The Kier molecular flexibility index (Phi) is 5.42. The van der Waals surface area contributed by atoms with Crippen LogP contribution in [-0.2, 0) is 7.05 Å². The molecule has 0 atom stereocenters. The smallest absolute Gasteiger partial charge is 0.0705 e. The van der Waals surface area contributed by atoms with Gasteiger partial charge in [-0.2, -0.15) is 5.10 Å². The molecule has 1 aromatic carbocycles. The molecule has 0 fully saturated rings. The lowest BCUT2D eigenvalue weighted by atomic mass is 10.0. The summed E-state index contributed by atoms with van der Waals surface area (Å²) in [6.45, 7) is 6.90. The van der Waals surface area contributed by atoms with Gasteiger partial charge in [0.05, 0.1) is 11.9 Å². The van der Waals surface area contributed by atoms with E-state index in [0.717, 1.165) is 45.8 Å². The van der Waals surface area contributed by atoms with Gasteiger partial charge in [-0.25, -0.2) is 0 Å². The molecule has 3 rings (SSSR count). The minimum atomic E-state index is 0.785. The number of aliphatic imine (C=N–C) groups is 1. The SMILES string of the molecule is C/C=C(\C=NCC)c1cccc(-c2ccc(-c3cnn(C)c3)c(C)n2)c1. The summed E-state index contributed by atoms with van der Waals surface area (Å²) < 4.78 is 1.81. The van der Waals surface area contributed by atoms with Crippen molar-refractivity contribution in [3.8, 4) is 22.4 Å². The second-order valence-corrected chi connectivity index (χ2v) is 6.18. The largest absolute Gasteiger partial charge is 0.293 e. The molecule has 132 valence electrons. The van der Waals surface area contributed by atoms with E-state index in [1.165, 1.54) is 0 Å². The summed E-state index contributed by atoms with van der Waals surface area (Å²) >= 11 is 0. The Hall–Kier alpha value is -3.01. The van der Waals surface area contributed by atoms with Gasteiger partial charge in [-0.05, 0) is 44.0 Å². The third-order valence-corrected chi connectivity index (χ3v) is 4.32. The number of pyridine rings is 1. The number of hydrogen-bond donors (Lipinski definition) is 0. The lowest BCUT2D eigenvalue weighted by Gasteiger charge is -2.09. The Bertz CT molecular complexity index is 964. The molecule has 4 nitrogen and oxygen atoms in total. The number of rotatable bonds is 5. The van der Waals surface area contributed by atoms with E-state index in [0.29, 0.717) is 0 Å². The quantitative estimate of drug-likeness (QED) is 0.615. The van der Waals surface area contributed by atoms with E-state index in [1.54, 1.807) is 0 Å². The van der Waals surface area contributed by atoms with Gasteiger partial charge in [-0.15, -0.1) is 0 Å². The van der Waals surface area contributed by atoms with Crippen LogP contribution >= 0.6 is 0 Å². The lowest BCUT2D eigenvalue weighted by molar-refractivity contribution is 0.768. The normalized spacial score (nSPS) is 12.1. The van der Waals surface area contributed by atoms with E-state index in [1.807, 2.05) is 51.1 Å². The number of aryl methyl sites for hydroxylation is 2. The highest BCUT2D eigenvalue weighted by Crippen LogP contribution is 2.27. The zero-order valence-corrected chi connectivity index (χ0v) is 15.8. The summed E-state index contributed by atoms with van der Waals surface area (Å²) in [5, 5.41) is 4.25. The Balaban J connectivity index is 1.96. The van der Waals surface area contributed by atoms with E-state index in [-0.39, 0.29) is 0 Å². The standard InChI is InChI=1S/C22H24N4/c1-5-17(13-23-6-2)18-8-7-9-19(12-18)22-11-10-21(16(3)25-22)20-14-24-26(4)15-20/h5,7-15H,6H2,1-4H3/b17-5+,23-13?. The van der Waals surface area contributed by atoms with E-state index >= 15 is 0 Å². The fraction of sp³-hybridized carbons (Fsp3) is 0.227. The van der Waals surface area contributed by atoms with Crippen LogP contribution in [0.5, 0.6) is 0 Å². The predicted molar refractivity (Wildman–Crippen MR) is 109 cm³/mol. The number of allylic oxidation sites excluding steroid dienone is 2. The molecule has 4 heteroatoms. The van der Waals surface area contributed by atoms with Crippen LogP contribution in [0.4, 0.5) is 0 Å². The zero-order chi connectivity index (χ0) is 18.5. The van der Waals surface area contributed by atoms with Crippen molar-refractivity contribution in [3.05, 3.63) is 66.1 Å². The summed E-state index contributed by atoms with van der Waals surface area (Å²) in [4.78, 5) is 9.19. The van der Waals surface area contributed by atoms with E-state index < -0.39 is 0 Å². The van der Waals surface area contributed by atoms with Crippen molar-refractivity contribution in [1.29, 1.82) is 0 Å². The molecule has 0 unspecified atom stereocenters. The molecule has 26 heavy (non-hydrogen) atoms. The van der Waals surface area contributed by atoms with Crippen molar-refractivity contribution in [1.82, 2.24) is 14.8 Å². The highest BCUT2D eigenvalue weighted by molar-refractivity contribution is 6.10. The molecule has 0 amide bonds. The van der Waals surface area contributed by atoms with Crippen molar-refractivity contribution in [2.45, 2.75) is 20.8 Å². The third-order valence-electron chi connectivity index (χ3n) is 4.32. The van der Waals surface area contributed by atoms with Gasteiger partial charge in [0.15, 0.2) is 0 Å². The monoisotopic (exact) mass is 344 g/mol. The van der Waals surface area contributed by atoms with Crippen LogP contribution in [0.1, 0.15) is 25.1 Å². The predicted octanol–water partition coefficient (Wildman–Crippen LogP) is 4.95. The molecule has 3 aromatic rings. The summed E-state index contributed by atoms with van der Waals surface area (Å²) in [5.41, 5.74) is 7.55. The van der Waals surface area contributed by atoms with Crippen LogP contribution in [-0.4, -0.2) is 27.5 Å². The minimum Gasteiger partial charge on any atom is -0.293 e. The van der Waals surface area contributed by atoms with Gasteiger partial charge in [-0.1, -0.05) is 30.3 Å². The molecule has 0 saturated carbocycles. The average molecular weight is 344 g/mol.